The lowest BCUT2D eigenvalue weighted by molar-refractivity contribution is -0.122. The number of hydrogen-bond acceptors (Lipinski definition) is 3. The number of para-hydroxylation sites is 2. The van der Waals surface area contributed by atoms with Crippen molar-refractivity contribution < 1.29 is 14.3 Å². The number of nitrogens with one attached hydrogen (secondary N) is 2. The lowest BCUT2D eigenvalue weighted by atomic mass is 10.1. The van der Waals surface area contributed by atoms with Gasteiger partial charge in [-0.1, -0.05) is 48.0 Å². The summed E-state index contributed by atoms with van der Waals surface area (Å²) in [6.45, 7) is 3.63. The standard InChI is InChI=1S/C23H22N2O3/c1-16-12-14-19(15-13-16)24-22(26)17(2)28-21-11-7-6-10-20(21)23(27)25-18-8-4-3-5-9-18/h3-15,17H,1-2H3,(H,24,26)(H,25,27)/t17-/m0/s1. The highest BCUT2D eigenvalue weighted by Crippen LogP contribution is 2.21. The molecule has 2 N–H and O–H groups in total. The number of carbonyl (C=O) groups excluding carboxylic acids is 2. The fraction of sp³-hybridized carbons (Fsp3) is 0.130. The summed E-state index contributed by atoms with van der Waals surface area (Å²) in [5.74, 6) is -0.238. The number of amides is 2. The highest BCUT2D eigenvalue weighted by molar-refractivity contribution is 6.06. The molecule has 0 saturated carbocycles. The van der Waals surface area contributed by atoms with Crippen molar-refractivity contribution >= 4 is 23.2 Å². The van der Waals surface area contributed by atoms with E-state index < -0.39 is 6.10 Å². The summed E-state index contributed by atoms with van der Waals surface area (Å²) < 4.78 is 5.79. The van der Waals surface area contributed by atoms with Crippen LogP contribution in [-0.2, 0) is 4.79 Å². The van der Waals surface area contributed by atoms with Crippen molar-refractivity contribution in [3.8, 4) is 5.75 Å². The molecule has 0 aromatic heterocycles. The normalized spacial score (nSPS) is 11.4. The van der Waals surface area contributed by atoms with Gasteiger partial charge in [0.15, 0.2) is 6.10 Å². The Morgan fingerprint density at radius 1 is 0.786 bits per heavy atom. The van der Waals surface area contributed by atoms with Gasteiger partial charge < -0.3 is 15.4 Å². The van der Waals surface area contributed by atoms with E-state index >= 15 is 0 Å². The van der Waals surface area contributed by atoms with Gasteiger partial charge in [-0.2, -0.15) is 0 Å². The maximum absolute atomic E-state index is 12.6. The van der Waals surface area contributed by atoms with Gasteiger partial charge in [-0.05, 0) is 50.2 Å². The van der Waals surface area contributed by atoms with Gasteiger partial charge in [0, 0.05) is 11.4 Å². The van der Waals surface area contributed by atoms with E-state index in [1.165, 1.54) is 0 Å². The number of benzene rings is 3. The number of ether oxygens (including phenoxy) is 1. The average Bonchev–Trinajstić information content (AvgIpc) is 2.70. The monoisotopic (exact) mass is 374 g/mol. The summed E-state index contributed by atoms with van der Waals surface area (Å²) in [7, 11) is 0. The molecule has 0 aliphatic heterocycles. The lowest BCUT2D eigenvalue weighted by Gasteiger charge is -2.17. The second-order valence-electron chi connectivity index (χ2n) is 6.43. The van der Waals surface area contributed by atoms with E-state index in [4.69, 9.17) is 4.74 Å². The van der Waals surface area contributed by atoms with Gasteiger partial charge in [0.1, 0.15) is 5.75 Å². The van der Waals surface area contributed by atoms with E-state index in [1.54, 1.807) is 43.3 Å². The molecule has 5 nitrogen and oxygen atoms in total. The van der Waals surface area contributed by atoms with Gasteiger partial charge in [0.25, 0.3) is 11.8 Å². The lowest BCUT2D eigenvalue weighted by Crippen LogP contribution is -2.30. The van der Waals surface area contributed by atoms with Gasteiger partial charge >= 0.3 is 0 Å². The van der Waals surface area contributed by atoms with Crippen LogP contribution in [0, 0.1) is 6.92 Å². The first-order chi connectivity index (χ1) is 13.5. The third kappa shape index (κ3) is 4.98. The van der Waals surface area contributed by atoms with Crippen LogP contribution in [0.25, 0.3) is 0 Å². The maximum atomic E-state index is 12.6. The fourth-order valence-corrected chi connectivity index (χ4v) is 2.60. The summed E-state index contributed by atoms with van der Waals surface area (Å²) in [5, 5.41) is 5.64. The topological polar surface area (TPSA) is 67.4 Å². The molecule has 0 radical (unpaired) electrons. The van der Waals surface area contributed by atoms with E-state index in [0.717, 1.165) is 5.56 Å². The number of hydrogen-bond donors (Lipinski definition) is 2. The third-order valence-electron chi connectivity index (χ3n) is 4.16. The van der Waals surface area contributed by atoms with Crippen LogP contribution in [-0.4, -0.2) is 17.9 Å². The second-order valence-corrected chi connectivity index (χ2v) is 6.43. The van der Waals surface area contributed by atoms with Crippen LogP contribution in [0.5, 0.6) is 5.75 Å². The van der Waals surface area contributed by atoms with Crippen molar-refractivity contribution in [2.45, 2.75) is 20.0 Å². The molecule has 0 fully saturated rings. The largest absolute Gasteiger partial charge is 0.480 e. The molecule has 3 rings (SSSR count). The zero-order valence-corrected chi connectivity index (χ0v) is 15.8. The maximum Gasteiger partial charge on any atom is 0.265 e. The van der Waals surface area contributed by atoms with E-state index in [0.29, 0.717) is 22.7 Å². The van der Waals surface area contributed by atoms with Crippen molar-refractivity contribution in [3.63, 3.8) is 0 Å². The van der Waals surface area contributed by atoms with Crippen molar-refractivity contribution in [2.75, 3.05) is 10.6 Å². The molecule has 0 aliphatic rings. The summed E-state index contributed by atoms with van der Waals surface area (Å²) in [5.41, 5.74) is 2.86. The molecule has 0 spiro atoms. The van der Waals surface area contributed by atoms with Gasteiger partial charge in [0.2, 0.25) is 0 Å². The minimum atomic E-state index is -0.771. The SMILES string of the molecule is Cc1ccc(NC(=O)[C@H](C)Oc2ccccc2C(=O)Nc2ccccc2)cc1. The first-order valence-corrected chi connectivity index (χ1v) is 9.02. The highest BCUT2D eigenvalue weighted by atomic mass is 16.5. The number of anilines is 2. The highest BCUT2D eigenvalue weighted by Gasteiger charge is 2.19. The van der Waals surface area contributed by atoms with Crippen LogP contribution >= 0.6 is 0 Å². The Morgan fingerprint density at radius 2 is 1.39 bits per heavy atom. The molecular weight excluding hydrogens is 352 g/mol. The zero-order chi connectivity index (χ0) is 19.9. The molecule has 28 heavy (non-hydrogen) atoms. The molecule has 0 bridgehead atoms. The second kappa shape index (κ2) is 8.86. The Morgan fingerprint density at radius 3 is 2.11 bits per heavy atom. The number of carbonyl (C=O) groups is 2. The molecule has 1 atom stereocenters. The Bertz CT molecular complexity index is 953. The number of aryl methyl sites for hydroxylation is 1. The Labute approximate surface area is 164 Å². The third-order valence-corrected chi connectivity index (χ3v) is 4.16. The average molecular weight is 374 g/mol. The Balaban J connectivity index is 1.69. The van der Waals surface area contributed by atoms with Crippen molar-refractivity contribution in [2.24, 2.45) is 0 Å². The molecule has 0 aliphatic carbocycles. The van der Waals surface area contributed by atoms with Crippen LogP contribution in [0.15, 0.2) is 78.9 Å². The fourth-order valence-electron chi connectivity index (χ4n) is 2.60. The Kier molecular flexibility index (Phi) is 6.07. The minimum absolute atomic E-state index is 0.290. The van der Waals surface area contributed by atoms with Crippen LogP contribution in [0.1, 0.15) is 22.8 Å². The van der Waals surface area contributed by atoms with Crippen LogP contribution in [0.4, 0.5) is 11.4 Å². The summed E-state index contributed by atoms with van der Waals surface area (Å²) in [6.07, 6.45) is -0.771. The molecule has 5 heteroatoms. The first-order valence-electron chi connectivity index (χ1n) is 9.02. The molecule has 3 aromatic carbocycles. The van der Waals surface area contributed by atoms with Gasteiger partial charge in [-0.15, -0.1) is 0 Å². The number of rotatable bonds is 6. The van der Waals surface area contributed by atoms with Gasteiger partial charge in [-0.3, -0.25) is 9.59 Å². The molecule has 0 saturated heterocycles. The summed E-state index contributed by atoms with van der Waals surface area (Å²) in [4.78, 5) is 25.1. The molecule has 3 aromatic rings. The smallest absolute Gasteiger partial charge is 0.265 e. The zero-order valence-electron chi connectivity index (χ0n) is 15.8. The van der Waals surface area contributed by atoms with Gasteiger partial charge in [-0.25, -0.2) is 0 Å². The quantitative estimate of drug-likeness (QED) is 0.660. The van der Waals surface area contributed by atoms with Crippen molar-refractivity contribution in [3.05, 3.63) is 90.0 Å². The van der Waals surface area contributed by atoms with Gasteiger partial charge in [0.05, 0.1) is 5.56 Å². The predicted octanol–water partition coefficient (Wildman–Crippen LogP) is 4.65. The molecule has 142 valence electrons. The van der Waals surface area contributed by atoms with Crippen molar-refractivity contribution in [1.82, 2.24) is 0 Å². The first kappa shape index (κ1) is 19.2. The minimum Gasteiger partial charge on any atom is -0.480 e. The predicted molar refractivity (Wildman–Crippen MR) is 111 cm³/mol. The van der Waals surface area contributed by atoms with Crippen LogP contribution in [0.3, 0.4) is 0 Å². The molecule has 0 unspecified atom stereocenters. The summed E-state index contributed by atoms with van der Waals surface area (Å²) >= 11 is 0. The van der Waals surface area contributed by atoms with Crippen LogP contribution < -0.4 is 15.4 Å². The van der Waals surface area contributed by atoms with E-state index in [1.807, 2.05) is 49.4 Å². The molecule has 0 heterocycles. The molecule has 2 amide bonds. The van der Waals surface area contributed by atoms with E-state index in [9.17, 15) is 9.59 Å². The Hall–Kier alpha value is -3.60. The van der Waals surface area contributed by atoms with Crippen molar-refractivity contribution in [1.29, 1.82) is 0 Å². The van der Waals surface area contributed by atoms with E-state index in [-0.39, 0.29) is 11.8 Å². The molecular formula is C23H22N2O3. The summed E-state index contributed by atoms with van der Waals surface area (Å²) in [6, 6.07) is 23.5. The van der Waals surface area contributed by atoms with E-state index in [2.05, 4.69) is 10.6 Å². The van der Waals surface area contributed by atoms with Crippen LogP contribution in [0.2, 0.25) is 0 Å².